The molecular weight excluding hydrogens is 316 g/mol. The number of halogens is 2. The van der Waals surface area contributed by atoms with E-state index in [9.17, 15) is 13.6 Å². The van der Waals surface area contributed by atoms with E-state index in [0.29, 0.717) is 58.0 Å². The van der Waals surface area contributed by atoms with Gasteiger partial charge in [-0.3, -0.25) is 14.6 Å². The van der Waals surface area contributed by atoms with Gasteiger partial charge in [0, 0.05) is 51.4 Å². The number of carbonyl (C=O) groups excluding carboxylic acids is 1. The molecule has 0 aliphatic carbocycles. The molecule has 24 heavy (non-hydrogen) atoms. The summed E-state index contributed by atoms with van der Waals surface area (Å²) >= 11 is 0. The third kappa shape index (κ3) is 4.28. The molecule has 1 aromatic rings. The molecule has 0 radical (unpaired) electrons. The highest BCUT2D eigenvalue weighted by Crippen LogP contribution is 2.15. The maximum atomic E-state index is 13.7. The van der Waals surface area contributed by atoms with Crippen molar-refractivity contribution in [2.24, 2.45) is 0 Å². The molecule has 0 saturated carbocycles. The Morgan fingerprint density at radius 2 is 1.71 bits per heavy atom. The van der Waals surface area contributed by atoms with Crippen molar-refractivity contribution in [1.29, 1.82) is 0 Å². The quantitative estimate of drug-likeness (QED) is 0.818. The molecule has 7 heteroatoms. The maximum absolute atomic E-state index is 13.7. The van der Waals surface area contributed by atoms with Gasteiger partial charge in [0.1, 0.15) is 0 Å². The van der Waals surface area contributed by atoms with Crippen molar-refractivity contribution in [3.8, 4) is 0 Å². The average Bonchev–Trinajstić information content (AvgIpc) is 2.60. The number of morpholine rings is 1. The second-order valence-corrected chi connectivity index (χ2v) is 6.26. The van der Waals surface area contributed by atoms with E-state index in [0.717, 1.165) is 19.2 Å². The first-order chi connectivity index (χ1) is 11.6. The van der Waals surface area contributed by atoms with Gasteiger partial charge in [-0.05, 0) is 6.07 Å². The SMILES string of the molecule is O=C(CN1CCOCC1)N1CCN(Cc2cccc(F)c2F)CC1. The molecule has 1 aromatic carbocycles. The van der Waals surface area contributed by atoms with Gasteiger partial charge in [0.25, 0.3) is 0 Å². The van der Waals surface area contributed by atoms with Crippen LogP contribution in [0.2, 0.25) is 0 Å². The van der Waals surface area contributed by atoms with Crippen LogP contribution in [-0.4, -0.2) is 79.6 Å². The first kappa shape index (κ1) is 17.3. The van der Waals surface area contributed by atoms with E-state index >= 15 is 0 Å². The van der Waals surface area contributed by atoms with Crippen LogP contribution in [0.4, 0.5) is 8.78 Å². The van der Waals surface area contributed by atoms with Crippen LogP contribution < -0.4 is 0 Å². The minimum atomic E-state index is -0.813. The summed E-state index contributed by atoms with van der Waals surface area (Å²) in [7, 11) is 0. The van der Waals surface area contributed by atoms with E-state index in [1.165, 1.54) is 6.07 Å². The van der Waals surface area contributed by atoms with Crippen molar-refractivity contribution in [3.63, 3.8) is 0 Å². The van der Waals surface area contributed by atoms with Crippen LogP contribution in [0.5, 0.6) is 0 Å². The zero-order valence-electron chi connectivity index (χ0n) is 13.7. The van der Waals surface area contributed by atoms with Crippen LogP contribution in [0.25, 0.3) is 0 Å². The van der Waals surface area contributed by atoms with Crippen LogP contribution in [0.3, 0.4) is 0 Å². The Morgan fingerprint density at radius 3 is 2.42 bits per heavy atom. The molecule has 0 aromatic heterocycles. The van der Waals surface area contributed by atoms with Crippen LogP contribution in [0.15, 0.2) is 18.2 Å². The molecule has 2 saturated heterocycles. The summed E-state index contributed by atoms with van der Waals surface area (Å²) < 4.78 is 32.3. The van der Waals surface area contributed by atoms with Crippen molar-refractivity contribution in [3.05, 3.63) is 35.4 Å². The first-order valence-corrected chi connectivity index (χ1v) is 8.36. The summed E-state index contributed by atoms with van der Waals surface area (Å²) in [4.78, 5) is 18.4. The van der Waals surface area contributed by atoms with E-state index < -0.39 is 11.6 Å². The lowest BCUT2D eigenvalue weighted by molar-refractivity contribution is -0.135. The second-order valence-electron chi connectivity index (χ2n) is 6.26. The number of carbonyl (C=O) groups is 1. The number of rotatable bonds is 4. The van der Waals surface area contributed by atoms with Gasteiger partial charge in [-0.15, -0.1) is 0 Å². The number of nitrogens with zero attached hydrogens (tertiary/aromatic N) is 3. The van der Waals surface area contributed by atoms with E-state index in [1.54, 1.807) is 6.07 Å². The van der Waals surface area contributed by atoms with E-state index in [-0.39, 0.29) is 5.91 Å². The largest absolute Gasteiger partial charge is 0.379 e. The van der Waals surface area contributed by atoms with Gasteiger partial charge in [-0.1, -0.05) is 12.1 Å². The van der Waals surface area contributed by atoms with E-state index in [4.69, 9.17) is 4.74 Å². The normalized spacial score (nSPS) is 20.3. The molecule has 2 aliphatic heterocycles. The van der Waals surface area contributed by atoms with Crippen molar-refractivity contribution < 1.29 is 18.3 Å². The topological polar surface area (TPSA) is 36.0 Å². The second kappa shape index (κ2) is 8.00. The van der Waals surface area contributed by atoms with Gasteiger partial charge in [-0.2, -0.15) is 0 Å². The lowest BCUT2D eigenvalue weighted by atomic mass is 10.1. The summed E-state index contributed by atoms with van der Waals surface area (Å²) in [5.74, 6) is -1.45. The highest BCUT2D eigenvalue weighted by Gasteiger charge is 2.24. The summed E-state index contributed by atoms with van der Waals surface area (Å²) in [6, 6.07) is 4.26. The van der Waals surface area contributed by atoms with Gasteiger partial charge < -0.3 is 9.64 Å². The highest BCUT2D eigenvalue weighted by atomic mass is 19.2. The zero-order chi connectivity index (χ0) is 16.9. The van der Waals surface area contributed by atoms with Crippen molar-refractivity contribution >= 4 is 5.91 Å². The summed E-state index contributed by atoms with van der Waals surface area (Å²) in [5.41, 5.74) is 0.364. The Morgan fingerprint density at radius 1 is 1.00 bits per heavy atom. The van der Waals surface area contributed by atoms with Gasteiger partial charge >= 0.3 is 0 Å². The van der Waals surface area contributed by atoms with Crippen LogP contribution in [-0.2, 0) is 16.1 Å². The molecule has 132 valence electrons. The maximum Gasteiger partial charge on any atom is 0.236 e. The third-order valence-electron chi connectivity index (χ3n) is 4.61. The molecular formula is C17H23F2N3O2. The molecule has 0 spiro atoms. The lowest BCUT2D eigenvalue weighted by Crippen LogP contribution is -2.52. The first-order valence-electron chi connectivity index (χ1n) is 8.36. The summed E-state index contributed by atoms with van der Waals surface area (Å²) in [5, 5.41) is 0. The van der Waals surface area contributed by atoms with Crippen molar-refractivity contribution in [2.45, 2.75) is 6.54 Å². The third-order valence-corrected chi connectivity index (χ3v) is 4.61. The molecule has 0 N–H and O–H groups in total. The molecule has 3 rings (SSSR count). The smallest absolute Gasteiger partial charge is 0.236 e. The number of amides is 1. The van der Waals surface area contributed by atoms with Gasteiger partial charge in [-0.25, -0.2) is 8.78 Å². The van der Waals surface area contributed by atoms with E-state index in [2.05, 4.69) is 9.80 Å². The molecule has 0 bridgehead atoms. The summed E-state index contributed by atoms with van der Waals surface area (Å²) in [6.07, 6.45) is 0. The zero-order valence-corrected chi connectivity index (χ0v) is 13.7. The van der Waals surface area contributed by atoms with Crippen molar-refractivity contribution in [2.75, 3.05) is 59.0 Å². The standard InChI is InChI=1S/C17H23F2N3O2/c18-15-3-1-2-14(17(15)19)12-20-4-6-22(7-5-20)16(23)13-21-8-10-24-11-9-21/h1-3H,4-13H2. The highest BCUT2D eigenvalue weighted by molar-refractivity contribution is 5.78. The number of ether oxygens (including phenoxy) is 1. The Labute approximate surface area is 140 Å². The molecule has 2 aliphatic rings. The van der Waals surface area contributed by atoms with Crippen LogP contribution in [0.1, 0.15) is 5.56 Å². The number of hydrogen-bond acceptors (Lipinski definition) is 4. The predicted octanol–water partition coefficient (Wildman–Crippen LogP) is 0.941. The van der Waals surface area contributed by atoms with Crippen LogP contribution in [0, 0.1) is 11.6 Å². The number of piperazine rings is 1. The van der Waals surface area contributed by atoms with Gasteiger partial charge in [0.15, 0.2) is 11.6 Å². The molecule has 2 fully saturated rings. The predicted molar refractivity (Wildman–Crippen MR) is 85.5 cm³/mol. The fourth-order valence-electron chi connectivity index (χ4n) is 3.12. The number of benzene rings is 1. The fraction of sp³-hybridized carbons (Fsp3) is 0.588. The molecule has 0 atom stereocenters. The monoisotopic (exact) mass is 339 g/mol. The average molecular weight is 339 g/mol. The molecule has 5 nitrogen and oxygen atoms in total. The Bertz CT molecular complexity index is 571. The Balaban J connectivity index is 1.46. The van der Waals surface area contributed by atoms with Gasteiger partial charge in [0.05, 0.1) is 19.8 Å². The molecule has 2 heterocycles. The minimum absolute atomic E-state index is 0.133. The van der Waals surface area contributed by atoms with E-state index in [1.807, 2.05) is 4.90 Å². The Hall–Kier alpha value is -1.57. The fourth-order valence-corrected chi connectivity index (χ4v) is 3.12. The van der Waals surface area contributed by atoms with Crippen molar-refractivity contribution in [1.82, 2.24) is 14.7 Å². The van der Waals surface area contributed by atoms with Gasteiger partial charge in [0.2, 0.25) is 5.91 Å². The Kier molecular flexibility index (Phi) is 5.76. The minimum Gasteiger partial charge on any atom is -0.379 e. The summed E-state index contributed by atoms with van der Waals surface area (Å²) in [6.45, 7) is 6.35. The number of hydrogen-bond donors (Lipinski definition) is 0. The molecule has 1 amide bonds. The molecule has 0 unspecified atom stereocenters. The van der Waals surface area contributed by atoms with Crippen LogP contribution >= 0.6 is 0 Å². The lowest BCUT2D eigenvalue weighted by Gasteiger charge is -2.36.